The number of fused-ring (bicyclic) bond motifs is 3. The molecule has 98 valence electrons. The molecule has 2 aromatic heterocycles. The minimum absolute atomic E-state index is 0.356. The Hall–Kier alpha value is -2.17. The van der Waals surface area contributed by atoms with E-state index in [0.29, 0.717) is 6.04 Å². The van der Waals surface area contributed by atoms with Crippen LogP contribution in [0.3, 0.4) is 0 Å². The number of para-hydroxylation sites is 2. The summed E-state index contributed by atoms with van der Waals surface area (Å²) in [6, 6.07) is 8.40. The Balaban J connectivity index is 2.31. The fourth-order valence-corrected chi connectivity index (χ4v) is 2.15. The van der Waals surface area contributed by atoms with Crippen LogP contribution in [0.2, 0.25) is 0 Å². The number of rotatable bonds is 3. The molecular formula is C14H17N5. The highest BCUT2D eigenvalue weighted by Crippen LogP contribution is 2.22. The van der Waals surface area contributed by atoms with E-state index < -0.39 is 0 Å². The Kier molecular flexibility index (Phi) is 2.81. The normalized spacial score (nSPS) is 13.0. The molecule has 0 spiro atoms. The van der Waals surface area contributed by atoms with Crippen molar-refractivity contribution in [3.05, 3.63) is 30.1 Å². The lowest BCUT2D eigenvalue weighted by Gasteiger charge is -2.13. The summed E-state index contributed by atoms with van der Waals surface area (Å²) >= 11 is 0. The van der Waals surface area contributed by atoms with Crippen molar-refractivity contribution in [1.29, 1.82) is 0 Å². The number of hydrogen-bond donors (Lipinski definition) is 1. The van der Waals surface area contributed by atoms with Crippen molar-refractivity contribution >= 4 is 22.5 Å². The fourth-order valence-electron chi connectivity index (χ4n) is 2.15. The molecule has 0 fully saturated rings. The fraction of sp³-hybridized carbons (Fsp3) is 0.357. The maximum absolute atomic E-state index is 4.67. The van der Waals surface area contributed by atoms with Gasteiger partial charge in [-0.1, -0.05) is 19.1 Å². The number of hydrogen-bond acceptors (Lipinski definition) is 4. The van der Waals surface area contributed by atoms with E-state index in [2.05, 4.69) is 34.3 Å². The van der Waals surface area contributed by atoms with Crippen LogP contribution >= 0.6 is 0 Å². The van der Waals surface area contributed by atoms with Gasteiger partial charge in [0.15, 0.2) is 5.82 Å². The lowest BCUT2D eigenvalue weighted by molar-refractivity contribution is 0.760. The second kappa shape index (κ2) is 4.50. The van der Waals surface area contributed by atoms with Crippen LogP contribution < -0.4 is 5.32 Å². The zero-order valence-corrected chi connectivity index (χ0v) is 11.4. The van der Waals surface area contributed by atoms with E-state index in [1.807, 2.05) is 35.6 Å². The molecule has 3 aromatic rings. The lowest BCUT2D eigenvalue weighted by atomic mass is 10.2. The molecule has 2 heterocycles. The van der Waals surface area contributed by atoms with Gasteiger partial charge < -0.3 is 5.32 Å². The minimum Gasteiger partial charge on any atom is -0.364 e. The molecule has 1 aromatic carbocycles. The molecule has 3 rings (SSSR count). The summed E-state index contributed by atoms with van der Waals surface area (Å²) in [6.07, 6.45) is 1.04. The molecule has 1 unspecified atom stereocenters. The van der Waals surface area contributed by atoms with Crippen molar-refractivity contribution in [2.24, 2.45) is 0 Å². The van der Waals surface area contributed by atoms with Crippen LogP contribution in [-0.4, -0.2) is 25.6 Å². The van der Waals surface area contributed by atoms with Crippen molar-refractivity contribution in [2.45, 2.75) is 33.2 Å². The number of aromatic nitrogens is 4. The number of benzene rings is 1. The smallest absolute Gasteiger partial charge is 0.204 e. The van der Waals surface area contributed by atoms with Gasteiger partial charge in [-0.25, -0.2) is 4.98 Å². The molecule has 0 aliphatic carbocycles. The first-order valence-corrected chi connectivity index (χ1v) is 6.57. The second-order valence-corrected chi connectivity index (χ2v) is 4.81. The first-order valence-electron chi connectivity index (χ1n) is 6.57. The summed E-state index contributed by atoms with van der Waals surface area (Å²) in [7, 11) is 0. The van der Waals surface area contributed by atoms with E-state index in [1.165, 1.54) is 0 Å². The van der Waals surface area contributed by atoms with Crippen LogP contribution in [0.5, 0.6) is 0 Å². The second-order valence-electron chi connectivity index (χ2n) is 4.81. The quantitative estimate of drug-likeness (QED) is 0.782. The summed E-state index contributed by atoms with van der Waals surface area (Å²) in [5.74, 6) is 1.68. The van der Waals surface area contributed by atoms with E-state index in [9.17, 15) is 0 Å². The summed E-state index contributed by atoms with van der Waals surface area (Å²) < 4.78 is 2.05. The van der Waals surface area contributed by atoms with E-state index in [4.69, 9.17) is 0 Å². The van der Waals surface area contributed by atoms with Gasteiger partial charge in [0.1, 0.15) is 5.82 Å². The Morgan fingerprint density at radius 1 is 1.26 bits per heavy atom. The largest absolute Gasteiger partial charge is 0.364 e. The molecule has 5 nitrogen and oxygen atoms in total. The van der Waals surface area contributed by atoms with Gasteiger partial charge in [0.25, 0.3) is 0 Å². The van der Waals surface area contributed by atoms with Crippen molar-refractivity contribution in [3.63, 3.8) is 0 Å². The Morgan fingerprint density at radius 2 is 2.05 bits per heavy atom. The standard InChI is InChI=1S/C14H17N5/c1-4-9(2)15-13-14-18-17-10(3)19(14)12-8-6-5-7-11(12)16-13/h5-9H,4H2,1-3H3,(H,15,16). The molecule has 19 heavy (non-hydrogen) atoms. The summed E-state index contributed by atoms with van der Waals surface area (Å²) in [5.41, 5.74) is 2.77. The minimum atomic E-state index is 0.356. The van der Waals surface area contributed by atoms with E-state index in [0.717, 1.165) is 34.7 Å². The highest BCUT2D eigenvalue weighted by Gasteiger charge is 2.13. The predicted molar refractivity (Wildman–Crippen MR) is 76.4 cm³/mol. The maximum Gasteiger partial charge on any atom is 0.204 e. The first kappa shape index (κ1) is 11.9. The first-order chi connectivity index (χ1) is 9.20. The Labute approximate surface area is 111 Å². The molecule has 0 saturated carbocycles. The average molecular weight is 255 g/mol. The zero-order chi connectivity index (χ0) is 13.4. The van der Waals surface area contributed by atoms with Gasteiger partial charge in [0.05, 0.1) is 11.0 Å². The van der Waals surface area contributed by atoms with E-state index in [-0.39, 0.29) is 0 Å². The molecular weight excluding hydrogens is 238 g/mol. The third-order valence-electron chi connectivity index (χ3n) is 3.39. The van der Waals surface area contributed by atoms with Gasteiger partial charge in [-0.2, -0.15) is 0 Å². The van der Waals surface area contributed by atoms with E-state index in [1.54, 1.807) is 0 Å². The summed E-state index contributed by atoms with van der Waals surface area (Å²) in [4.78, 5) is 4.67. The molecule has 1 N–H and O–H groups in total. The molecule has 0 amide bonds. The molecule has 1 atom stereocenters. The molecule has 0 radical (unpaired) electrons. The zero-order valence-electron chi connectivity index (χ0n) is 11.4. The van der Waals surface area contributed by atoms with Crippen LogP contribution in [0.25, 0.3) is 16.7 Å². The summed E-state index contributed by atoms with van der Waals surface area (Å²) in [5, 5.41) is 11.8. The third-order valence-corrected chi connectivity index (χ3v) is 3.39. The van der Waals surface area contributed by atoms with Gasteiger partial charge in [-0.3, -0.25) is 4.40 Å². The summed E-state index contributed by atoms with van der Waals surface area (Å²) in [6.45, 7) is 6.24. The van der Waals surface area contributed by atoms with Crippen molar-refractivity contribution in [2.75, 3.05) is 5.32 Å². The van der Waals surface area contributed by atoms with Gasteiger partial charge >= 0.3 is 0 Å². The Morgan fingerprint density at radius 3 is 2.84 bits per heavy atom. The van der Waals surface area contributed by atoms with Gasteiger partial charge in [-0.05, 0) is 32.4 Å². The Bertz CT molecular complexity index is 731. The average Bonchev–Trinajstić information content (AvgIpc) is 2.82. The topological polar surface area (TPSA) is 55.1 Å². The molecule has 0 bridgehead atoms. The highest BCUT2D eigenvalue weighted by molar-refractivity contribution is 5.82. The van der Waals surface area contributed by atoms with Crippen LogP contribution in [0.4, 0.5) is 5.82 Å². The van der Waals surface area contributed by atoms with Gasteiger partial charge in [0, 0.05) is 6.04 Å². The number of nitrogens with one attached hydrogen (secondary N) is 1. The number of aryl methyl sites for hydroxylation is 1. The number of nitrogens with zero attached hydrogens (tertiary/aromatic N) is 4. The third kappa shape index (κ3) is 1.91. The van der Waals surface area contributed by atoms with Gasteiger partial charge in [0.2, 0.25) is 5.65 Å². The molecule has 0 saturated heterocycles. The SMILES string of the molecule is CCC(C)Nc1nc2ccccc2n2c(C)nnc12. The van der Waals surface area contributed by atoms with Crippen LogP contribution in [0, 0.1) is 6.92 Å². The lowest BCUT2D eigenvalue weighted by Crippen LogP contribution is -2.15. The van der Waals surface area contributed by atoms with Crippen LogP contribution in [-0.2, 0) is 0 Å². The number of anilines is 1. The van der Waals surface area contributed by atoms with Crippen molar-refractivity contribution < 1.29 is 0 Å². The predicted octanol–water partition coefficient (Wildman–Crippen LogP) is 2.80. The van der Waals surface area contributed by atoms with Crippen molar-refractivity contribution in [3.8, 4) is 0 Å². The maximum atomic E-state index is 4.67. The molecule has 0 aliphatic heterocycles. The van der Waals surface area contributed by atoms with E-state index >= 15 is 0 Å². The van der Waals surface area contributed by atoms with Crippen molar-refractivity contribution in [1.82, 2.24) is 19.6 Å². The molecule has 0 aliphatic rings. The van der Waals surface area contributed by atoms with Crippen LogP contribution in [0.15, 0.2) is 24.3 Å². The highest BCUT2D eigenvalue weighted by atomic mass is 15.3. The monoisotopic (exact) mass is 255 g/mol. The van der Waals surface area contributed by atoms with Crippen LogP contribution in [0.1, 0.15) is 26.1 Å². The van der Waals surface area contributed by atoms with Gasteiger partial charge in [-0.15, -0.1) is 10.2 Å². The molecule has 5 heteroatoms.